The van der Waals surface area contributed by atoms with Crippen molar-refractivity contribution in [1.82, 2.24) is 0 Å². The molecular formula is C8H16O2. The van der Waals surface area contributed by atoms with E-state index >= 15 is 0 Å². The molecule has 2 atom stereocenters. The van der Waals surface area contributed by atoms with E-state index in [9.17, 15) is 0 Å². The summed E-state index contributed by atoms with van der Waals surface area (Å²) in [6.07, 6.45) is 2.17. The summed E-state index contributed by atoms with van der Waals surface area (Å²) in [7, 11) is 0. The van der Waals surface area contributed by atoms with Gasteiger partial charge in [-0.25, -0.2) is 0 Å². The zero-order valence-electron chi connectivity index (χ0n) is 6.76. The van der Waals surface area contributed by atoms with Gasteiger partial charge in [0.25, 0.3) is 0 Å². The van der Waals surface area contributed by atoms with Gasteiger partial charge < -0.3 is 9.84 Å². The summed E-state index contributed by atoms with van der Waals surface area (Å²) < 4.78 is 5.48. The third-order valence-electron chi connectivity index (χ3n) is 2.22. The van der Waals surface area contributed by atoms with Gasteiger partial charge in [-0.3, -0.25) is 0 Å². The van der Waals surface area contributed by atoms with Gasteiger partial charge in [0.05, 0.1) is 12.2 Å². The maximum Gasteiger partial charge on any atom is 0.0884 e. The Hall–Kier alpha value is -0.0800. The Labute approximate surface area is 62.2 Å². The van der Waals surface area contributed by atoms with Crippen LogP contribution in [0.5, 0.6) is 0 Å². The Bertz CT molecular complexity index is 104. The van der Waals surface area contributed by atoms with Crippen LogP contribution in [0, 0.1) is 5.92 Å². The van der Waals surface area contributed by atoms with Crippen LogP contribution in [-0.4, -0.2) is 23.9 Å². The number of hydrogen-bond acceptors (Lipinski definition) is 2. The molecule has 0 radical (unpaired) electrons. The van der Waals surface area contributed by atoms with Gasteiger partial charge in [-0.05, 0) is 25.7 Å². The molecule has 10 heavy (non-hydrogen) atoms. The fourth-order valence-electron chi connectivity index (χ4n) is 1.18. The van der Waals surface area contributed by atoms with Crippen molar-refractivity contribution in [2.45, 2.75) is 32.3 Å². The van der Waals surface area contributed by atoms with Crippen molar-refractivity contribution in [2.75, 3.05) is 13.2 Å². The van der Waals surface area contributed by atoms with Gasteiger partial charge in [0.1, 0.15) is 0 Å². The number of rotatable bonds is 1. The molecule has 1 heterocycles. The van der Waals surface area contributed by atoms with E-state index in [1.165, 1.54) is 6.42 Å². The molecule has 2 nitrogen and oxygen atoms in total. The van der Waals surface area contributed by atoms with Crippen LogP contribution in [-0.2, 0) is 4.74 Å². The summed E-state index contributed by atoms with van der Waals surface area (Å²) in [5, 5.41) is 8.91. The van der Waals surface area contributed by atoms with Crippen LogP contribution in [0.2, 0.25) is 0 Å². The predicted octanol–water partition coefficient (Wildman–Crippen LogP) is 1.18. The van der Waals surface area contributed by atoms with Crippen LogP contribution >= 0.6 is 0 Å². The highest BCUT2D eigenvalue weighted by atomic mass is 16.5. The summed E-state index contributed by atoms with van der Waals surface area (Å²) in [5.41, 5.74) is -0.244. The minimum absolute atomic E-state index is 0.152. The molecule has 1 N–H and O–H groups in total. The minimum atomic E-state index is -0.244. The van der Waals surface area contributed by atoms with Crippen molar-refractivity contribution in [3.8, 4) is 0 Å². The molecule has 1 rings (SSSR count). The smallest absolute Gasteiger partial charge is 0.0884 e. The second-order valence-electron chi connectivity index (χ2n) is 3.56. The Kier molecular flexibility index (Phi) is 2.32. The van der Waals surface area contributed by atoms with E-state index < -0.39 is 0 Å². The molecule has 0 aliphatic carbocycles. The standard InChI is InChI=1S/C8H16O2/c1-7-3-4-8(2,6-9)10-5-7/h7,9H,3-6H2,1-2H3/t7-,8-/m0/s1. The van der Waals surface area contributed by atoms with Crippen LogP contribution in [0.15, 0.2) is 0 Å². The molecule has 0 spiro atoms. The molecule has 0 saturated carbocycles. The lowest BCUT2D eigenvalue weighted by Crippen LogP contribution is -2.39. The van der Waals surface area contributed by atoms with E-state index in [1.807, 2.05) is 6.92 Å². The monoisotopic (exact) mass is 144 g/mol. The maximum absolute atomic E-state index is 8.91. The zero-order valence-corrected chi connectivity index (χ0v) is 6.76. The first-order chi connectivity index (χ1) is 4.66. The van der Waals surface area contributed by atoms with Crippen molar-refractivity contribution in [3.05, 3.63) is 0 Å². The largest absolute Gasteiger partial charge is 0.393 e. The van der Waals surface area contributed by atoms with E-state index in [2.05, 4.69) is 6.92 Å². The van der Waals surface area contributed by atoms with E-state index in [0.29, 0.717) is 5.92 Å². The van der Waals surface area contributed by atoms with Crippen LogP contribution in [0.3, 0.4) is 0 Å². The molecule has 1 fully saturated rings. The molecule has 0 bridgehead atoms. The summed E-state index contributed by atoms with van der Waals surface area (Å²) in [6.45, 7) is 5.10. The summed E-state index contributed by atoms with van der Waals surface area (Å²) in [4.78, 5) is 0. The molecule has 0 aromatic carbocycles. The Morgan fingerprint density at radius 2 is 2.40 bits per heavy atom. The Morgan fingerprint density at radius 3 is 2.80 bits per heavy atom. The van der Waals surface area contributed by atoms with E-state index in [4.69, 9.17) is 9.84 Å². The highest BCUT2D eigenvalue weighted by molar-refractivity contribution is 4.79. The lowest BCUT2D eigenvalue weighted by molar-refractivity contribution is -0.111. The molecule has 0 aromatic rings. The lowest BCUT2D eigenvalue weighted by atomic mass is 9.92. The lowest BCUT2D eigenvalue weighted by Gasteiger charge is -2.34. The average molecular weight is 144 g/mol. The summed E-state index contributed by atoms with van der Waals surface area (Å²) in [5.74, 6) is 0.666. The van der Waals surface area contributed by atoms with Crippen molar-refractivity contribution in [1.29, 1.82) is 0 Å². The fourth-order valence-corrected chi connectivity index (χ4v) is 1.18. The highest BCUT2D eigenvalue weighted by Crippen LogP contribution is 2.26. The molecule has 60 valence electrons. The Morgan fingerprint density at radius 1 is 1.70 bits per heavy atom. The van der Waals surface area contributed by atoms with Crippen LogP contribution in [0.1, 0.15) is 26.7 Å². The first kappa shape index (κ1) is 8.02. The third kappa shape index (κ3) is 1.70. The molecular weight excluding hydrogens is 128 g/mol. The first-order valence-electron chi connectivity index (χ1n) is 3.91. The van der Waals surface area contributed by atoms with Crippen LogP contribution < -0.4 is 0 Å². The number of ether oxygens (including phenoxy) is 1. The minimum Gasteiger partial charge on any atom is -0.393 e. The van der Waals surface area contributed by atoms with Crippen LogP contribution in [0.4, 0.5) is 0 Å². The number of aliphatic hydroxyl groups excluding tert-OH is 1. The molecule has 1 aliphatic rings. The van der Waals surface area contributed by atoms with Gasteiger partial charge in [-0.15, -0.1) is 0 Å². The van der Waals surface area contributed by atoms with Crippen molar-refractivity contribution in [2.24, 2.45) is 5.92 Å². The molecule has 1 aliphatic heterocycles. The molecule has 0 amide bonds. The molecule has 2 heteroatoms. The number of aliphatic hydroxyl groups is 1. The van der Waals surface area contributed by atoms with Crippen molar-refractivity contribution in [3.63, 3.8) is 0 Å². The number of hydrogen-bond donors (Lipinski definition) is 1. The SMILES string of the molecule is C[C@H]1CC[C@@](C)(CO)OC1. The maximum atomic E-state index is 8.91. The second kappa shape index (κ2) is 2.89. The van der Waals surface area contributed by atoms with Crippen LogP contribution in [0.25, 0.3) is 0 Å². The van der Waals surface area contributed by atoms with E-state index in [1.54, 1.807) is 0 Å². The van der Waals surface area contributed by atoms with Gasteiger partial charge in [-0.1, -0.05) is 6.92 Å². The normalized spacial score (nSPS) is 41.7. The molecule has 1 saturated heterocycles. The quantitative estimate of drug-likeness (QED) is 0.599. The molecule has 0 unspecified atom stereocenters. The zero-order chi connectivity index (χ0) is 7.61. The van der Waals surface area contributed by atoms with Gasteiger partial charge >= 0.3 is 0 Å². The van der Waals surface area contributed by atoms with Crippen molar-refractivity contribution >= 4 is 0 Å². The van der Waals surface area contributed by atoms with Gasteiger partial charge in [0, 0.05) is 6.61 Å². The Balaban J connectivity index is 2.38. The fraction of sp³-hybridized carbons (Fsp3) is 1.00. The molecule has 0 aromatic heterocycles. The van der Waals surface area contributed by atoms with Gasteiger partial charge in [0.15, 0.2) is 0 Å². The summed E-state index contributed by atoms with van der Waals surface area (Å²) in [6, 6.07) is 0. The highest BCUT2D eigenvalue weighted by Gasteiger charge is 2.29. The summed E-state index contributed by atoms with van der Waals surface area (Å²) >= 11 is 0. The van der Waals surface area contributed by atoms with E-state index in [-0.39, 0.29) is 12.2 Å². The topological polar surface area (TPSA) is 29.5 Å². The third-order valence-corrected chi connectivity index (χ3v) is 2.22. The van der Waals surface area contributed by atoms with Gasteiger partial charge in [-0.2, -0.15) is 0 Å². The van der Waals surface area contributed by atoms with E-state index in [0.717, 1.165) is 13.0 Å². The average Bonchev–Trinajstić information content (AvgIpc) is 1.96. The van der Waals surface area contributed by atoms with Crippen molar-refractivity contribution < 1.29 is 9.84 Å². The van der Waals surface area contributed by atoms with Gasteiger partial charge in [0.2, 0.25) is 0 Å². The second-order valence-corrected chi connectivity index (χ2v) is 3.56. The first-order valence-corrected chi connectivity index (χ1v) is 3.91. The predicted molar refractivity (Wildman–Crippen MR) is 39.8 cm³/mol.